The third-order valence-corrected chi connectivity index (χ3v) is 4.65. The number of rotatable bonds is 8. The van der Waals surface area contributed by atoms with Crippen LogP contribution in [0, 0.1) is 0 Å². The topological polar surface area (TPSA) is 69.2 Å². The quantitative estimate of drug-likeness (QED) is 0.530. The average Bonchev–Trinajstić information content (AvgIpc) is 2.70. The maximum atomic E-state index is 11.9. The van der Waals surface area contributed by atoms with E-state index in [2.05, 4.69) is 20.5 Å². The summed E-state index contributed by atoms with van der Waals surface area (Å²) in [6, 6.07) is 7.85. The number of aliphatic imine (C=N–C) groups is 1. The molecule has 0 spiro atoms. The number of nitrogens with one attached hydrogen (secondary N) is 2. The van der Waals surface area contributed by atoms with Crippen LogP contribution in [-0.4, -0.2) is 75.6 Å². The largest absolute Gasteiger partial charge is 0.497 e. The van der Waals surface area contributed by atoms with Crippen LogP contribution in [0.25, 0.3) is 0 Å². The monoisotopic (exact) mass is 375 g/mol. The Morgan fingerprint density at radius 2 is 1.85 bits per heavy atom. The molecule has 1 aliphatic rings. The summed E-state index contributed by atoms with van der Waals surface area (Å²) in [5.41, 5.74) is 1.09. The van der Waals surface area contributed by atoms with E-state index in [1.807, 2.05) is 24.3 Å². The number of benzene rings is 1. The van der Waals surface area contributed by atoms with Gasteiger partial charge in [-0.25, -0.2) is 4.99 Å². The zero-order valence-corrected chi connectivity index (χ0v) is 16.8. The van der Waals surface area contributed by atoms with Crippen LogP contribution in [0.3, 0.4) is 0 Å². The zero-order valence-electron chi connectivity index (χ0n) is 16.8. The first kappa shape index (κ1) is 21.0. The van der Waals surface area contributed by atoms with Crippen LogP contribution in [-0.2, 0) is 11.3 Å². The number of hydrogen-bond acceptors (Lipinski definition) is 4. The van der Waals surface area contributed by atoms with Crippen LogP contribution in [0.4, 0.5) is 0 Å². The number of piperidine rings is 1. The van der Waals surface area contributed by atoms with E-state index in [0.717, 1.165) is 24.4 Å². The standard InChI is InChI=1S/C20H33N5O2/c1-24(2)19(26)16-23-20(21-11-14-25-12-5-4-6-13-25)22-15-17-7-9-18(27-3)10-8-17/h7-10H,4-6,11-16H2,1-3H3,(H2,21,22,23). The molecule has 2 N–H and O–H groups in total. The average molecular weight is 376 g/mol. The second kappa shape index (κ2) is 11.4. The summed E-state index contributed by atoms with van der Waals surface area (Å²) in [4.78, 5) is 20.5. The van der Waals surface area contributed by atoms with Crippen LogP contribution < -0.4 is 15.4 Å². The van der Waals surface area contributed by atoms with Gasteiger partial charge in [-0.3, -0.25) is 4.79 Å². The van der Waals surface area contributed by atoms with Crippen molar-refractivity contribution in [2.75, 3.05) is 53.9 Å². The highest BCUT2D eigenvalue weighted by Crippen LogP contribution is 2.11. The molecule has 1 aromatic carbocycles. The molecule has 0 saturated carbocycles. The van der Waals surface area contributed by atoms with Gasteiger partial charge in [-0.15, -0.1) is 0 Å². The van der Waals surface area contributed by atoms with E-state index in [1.54, 1.807) is 26.1 Å². The van der Waals surface area contributed by atoms with E-state index in [4.69, 9.17) is 4.74 Å². The van der Waals surface area contributed by atoms with Crippen LogP contribution in [0.15, 0.2) is 29.3 Å². The van der Waals surface area contributed by atoms with Crippen molar-refractivity contribution >= 4 is 11.9 Å². The second-order valence-corrected chi connectivity index (χ2v) is 6.98. The molecule has 2 rings (SSSR count). The summed E-state index contributed by atoms with van der Waals surface area (Å²) in [6.45, 7) is 4.92. The third kappa shape index (κ3) is 7.86. The van der Waals surface area contributed by atoms with Crippen LogP contribution >= 0.6 is 0 Å². The van der Waals surface area contributed by atoms with Crippen molar-refractivity contribution in [2.45, 2.75) is 25.8 Å². The molecule has 1 aliphatic heterocycles. The molecule has 1 amide bonds. The Morgan fingerprint density at radius 1 is 1.15 bits per heavy atom. The summed E-state index contributed by atoms with van der Waals surface area (Å²) in [5.74, 6) is 1.51. The first-order valence-corrected chi connectivity index (χ1v) is 9.66. The number of carbonyl (C=O) groups is 1. The van der Waals surface area contributed by atoms with Crippen LogP contribution in [0.5, 0.6) is 5.75 Å². The number of nitrogens with zero attached hydrogens (tertiary/aromatic N) is 3. The molecular weight excluding hydrogens is 342 g/mol. The molecule has 0 atom stereocenters. The van der Waals surface area contributed by atoms with Gasteiger partial charge in [0, 0.05) is 27.2 Å². The third-order valence-electron chi connectivity index (χ3n) is 4.65. The SMILES string of the molecule is COc1ccc(CN=C(NCCN2CCCCC2)NCC(=O)N(C)C)cc1. The Labute approximate surface area is 162 Å². The molecule has 0 unspecified atom stereocenters. The number of methoxy groups -OCH3 is 1. The molecule has 1 saturated heterocycles. The van der Waals surface area contributed by atoms with E-state index < -0.39 is 0 Å². The molecule has 0 aromatic heterocycles. The summed E-state index contributed by atoms with van der Waals surface area (Å²) in [7, 11) is 5.16. The lowest BCUT2D eigenvalue weighted by atomic mass is 10.1. The van der Waals surface area contributed by atoms with Crippen LogP contribution in [0.2, 0.25) is 0 Å². The van der Waals surface area contributed by atoms with Crippen molar-refractivity contribution in [1.29, 1.82) is 0 Å². The normalized spacial score (nSPS) is 15.3. The molecule has 150 valence electrons. The fraction of sp³-hybridized carbons (Fsp3) is 0.600. The Kier molecular flexibility index (Phi) is 8.91. The van der Waals surface area contributed by atoms with Gasteiger partial charge in [0.05, 0.1) is 20.2 Å². The summed E-state index contributed by atoms with van der Waals surface area (Å²) >= 11 is 0. The minimum absolute atomic E-state index is 0.0185. The van der Waals surface area contributed by atoms with Gasteiger partial charge in [0.1, 0.15) is 5.75 Å². The minimum Gasteiger partial charge on any atom is -0.497 e. The molecule has 7 nitrogen and oxygen atoms in total. The fourth-order valence-electron chi connectivity index (χ4n) is 2.91. The Bertz CT molecular complexity index is 595. The molecule has 1 aromatic rings. The Morgan fingerprint density at radius 3 is 2.48 bits per heavy atom. The van der Waals surface area contributed by atoms with E-state index in [1.165, 1.54) is 32.4 Å². The first-order valence-electron chi connectivity index (χ1n) is 9.66. The summed E-state index contributed by atoms with van der Waals surface area (Å²) in [6.07, 6.45) is 3.91. The number of carbonyl (C=O) groups excluding carboxylic acids is 1. The summed E-state index contributed by atoms with van der Waals surface area (Å²) in [5, 5.41) is 6.49. The molecule has 1 fully saturated rings. The molecule has 27 heavy (non-hydrogen) atoms. The number of ether oxygens (including phenoxy) is 1. The molecule has 0 aliphatic carbocycles. The van der Waals surface area contributed by atoms with Gasteiger partial charge in [-0.05, 0) is 43.6 Å². The maximum absolute atomic E-state index is 11.9. The van der Waals surface area contributed by atoms with Crippen molar-refractivity contribution in [3.63, 3.8) is 0 Å². The van der Waals surface area contributed by atoms with Gasteiger partial charge in [0.25, 0.3) is 0 Å². The van der Waals surface area contributed by atoms with Gasteiger partial charge in [-0.1, -0.05) is 18.6 Å². The number of likely N-dealkylation sites (tertiary alicyclic amines) is 1. The molecular formula is C20H33N5O2. The van der Waals surface area contributed by atoms with Gasteiger partial charge in [0.2, 0.25) is 5.91 Å². The lowest BCUT2D eigenvalue weighted by Crippen LogP contribution is -2.45. The van der Waals surface area contributed by atoms with Crippen LogP contribution in [0.1, 0.15) is 24.8 Å². The number of amides is 1. The van der Waals surface area contributed by atoms with Crippen molar-refractivity contribution in [1.82, 2.24) is 20.4 Å². The fourth-order valence-corrected chi connectivity index (χ4v) is 2.91. The van der Waals surface area contributed by atoms with Crippen molar-refractivity contribution in [2.24, 2.45) is 4.99 Å². The predicted octanol–water partition coefficient (Wildman–Crippen LogP) is 1.30. The predicted molar refractivity (Wildman–Crippen MR) is 109 cm³/mol. The highest BCUT2D eigenvalue weighted by atomic mass is 16.5. The smallest absolute Gasteiger partial charge is 0.241 e. The van der Waals surface area contributed by atoms with Gasteiger partial charge >= 0.3 is 0 Å². The molecule has 1 heterocycles. The first-order chi connectivity index (χ1) is 13.1. The second-order valence-electron chi connectivity index (χ2n) is 6.98. The number of hydrogen-bond donors (Lipinski definition) is 2. The Hall–Kier alpha value is -2.28. The number of likely N-dealkylation sites (N-methyl/N-ethyl adjacent to an activating group) is 1. The van der Waals surface area contributed by atoms with Crippen molar-refractivity contribution < 1.29 is 9.53 Å². The lowest BCUT2D eigenvalue weighted by molar-refractivity contribution is -0.127. The lowest BCUT2D eigenvalue weighted by Gasteiger charge is -2.26. The maximum Gasteiger partial charge on any atom is 0.241 e. The van der Waals surface area contributed by atoms with Gasteiger partial charge in [-0.2, -0.15) is 0 Å². The molecule has 0 bridgehead atoms. The minimum atomic E-state index is 0.0185. The molecule has 0 radical (unpaired) electrons. The highest BCUT2D eigenvalue weighted by molar-refractivity contribution is 5.86. The highest BCUT2D eigenvalue weighted by Gasteiger charge is 2.10. The van der Waals surface area contributed by atoms with E-state index >= 15 is 0 Å². The molecule has 7 heteroatoms. The zero-order chi connectivity index (χ0) is 19.5. The van der Waals surface area contributed by atoms with Gasteiger partial charge < -0.3 is 25.2 Å². The Balaban J connectivity index is 1.88. The van der Waals surface area contributed by atoms with Gasteiger partial charge in [0.15, 0.2) is 5.96 Å². The van der Waals surface area contributed by atoms with E-state index in [9.17, 15) is 4.79 Å². The van der Waals surface area contributed by atoms with E-state index in [-0.39, 0.29) is 12.5 Å². The van der Waals surface area contributed by atoms with Crippen molar-refractivity contribution in [3.8, 4) is 5.75 Å². The van der Waals surface area contributed by atoms with E-state index in [0.29, 0.717) is 12.5 Å². The summed E-state index contributed by atoms with van der Waals surface area (Å²) < 4.78 is 5.19. The van der Waals surface area contributed by atoms with Crippen molar-refractivity contribution in [3.05, 3.63) is 29.8 Å². The number of guanidine groups is 1.